The number of carbonyl (C=O) groups is 1. The number of nitrogens with zero attached hydrogens (tertiary/aromatic N) is 4. The number of anilines is 1. The molecule has 2 aromatic heterocycles. The number of hydrogen-bond donors (Lipinski definition) is 0. The molecular weight excluding hydrogens is 360 g/mol. The largest absolute Gasteiger partial charge is 0.353 e. The first-order valence-corrected chi connectivity index (χ1v) is 9.69. The molecule has 0 spiro atoms. The Morgan fingerprint density at radius 2 is 1.66 bits per heavy atom. The van der Waals surface area contributed by atoms with Gasteiger partial charge in [-0.2, -0.15) is 0 Å². The molecule has 1 aliphatic rings. The first-order valence-electron chi connectivity index (χ1n) is 9.69. The zero-order chi connectivity index (χ0) is 20.1. The van der Waals surface area contributed by atoms with E-state index in [-0.39, 0.29) is 5.91 Å². The molecule has 0 radical (unpaired) electrons. The van der Waals surface area contributed by atoms with Gasteiger partial charge in [0, 0.05) is 55.4 Å². The van der Waals surface area contributed by atoms with E-state index in [0.29, 0.717) is 18.7 Å². The lowest BCUT2D eigenvalue weighted by Gasteiger charge is -2.35. The number of pyridine rings is 2. The lowest BCUT2D eigenvalue weighted by Crippen LogP contribution is -2.49. The zero-order valence-corrected chi connectivity index (χ0v) is 16.4. The lowest BCUT2D eigenvalue weighted by molar-refractivity contribution is 0.0746. The molecule has 1 saturated heterocycles. The summed E-state index contributed by atoms with van der Waals surface area (Å²) < 4.78 is 0. The van der Waals surface area contributed by atoms with Crippen LogP contribution in [0.5, 0.6) is 0 Å². The summed E-state index contributed by atoms with van der Waals surface area (Å²) in [6.45, 7) is 4.85. The Balaban J connectivity index is 1.42. The average Bonchev–Trinajstić information content (AvgIpc) is 2.78. The molecule has 1 amide bonds. The van der Waals surface area contributed by atoms with Gasteiger partial charge in [0.1, 0.15) is 5.82 Å². The second kappa shape index (κ2) is 8.57. The standard InChI is InChI=1S/C24H22N4O/c1-19-6-5-9-23(26-19)27-12-14-28(15-13-27)24(29)22-16-21(17-25-18-22)11-10-20-7-3-2-4-8-20/h2-9,16-18H,12-15H2,1H3. The van der Waals surface area contributed by atoms with Crippen LogP contribution in [0.15, 0.2) is 67.0 Å². The lowest BCUT2D eigenvalue weighted by atomic mass is 10.1. The van der Waals surface area contributed by atoms with Gasteiger partial charge < -0.3 is 9.80 Å². The number of amides is 1. The minimum Gasteiger partial charge on any atom is -0.353 e. The molecule has 0 unspecified atom stereocenters. The average molecular weight is 382 g/mol. The molecule has 0 N–H and O–H groups in total. The first-order chi connectivity index (χ1) is 14.2. The van der Waals surface area contributed by atoms with Crippen molar-refractivity contribution >= 4 is 11.7 Å². The third-order valence-electron chi connectivity index (χ3n) is 4.87. The Bertz CT molecular complexity index is 1060. The Morgan fingerprint density at radius 1 is 0.897 bits per heavy atom. The van der Waals surface area contributed by atoms with Crippen molar-refractivity contribution in [1.82, 2.24) is 14.9 Å². The van der Waals surface area contributed by atoms with Crippen LogP contribution in [0.25, 0.3) is 0 Å². The molecule has 3 aromatic rings. The Kier molecular flexibility index (Phi) is 5.53. The van der Waals surface area contributed by atoms with Gasteiger partial charge in [-0.25, -0.2) is 4.98 Å². The molecule has 144 valence electrons. The van der Waals surface area contributed by atoms with Crippen molar-refractivity contribution in [3.05, 3.63) is 89.4 Å². The van der Waals surface area contributed by atoms with Gasteiger partial charge in [0.25, 0.3) is 5.91 Å². The van der Waals surface area contributed by atoms with Gasteiger partial charge in [-0.1, -0.05) is 36.1 Å². The van der Waals surface area contributed by atoms with Crippen LogP contribution in [0, 0.1) is 18.8 Å². The van der Waals surface area contributed by atoms with Gasteiger partial charge in [-0.3, -0.25) is 9.78 Å². The van der Waals surface area contributed by atoms with Crippen LogP contribution >= 0.6 is 0 Å². The summed E-state index contributed by atoms with van der Waals surface area (Å²) in [7, 11) is 0. The van der Waals surface area contributed by atoms with Crippen LogP contribution in [0.1, 0.15) is 27.2 Å². The van der Waals surface area contributed by atoms with E-state index in [0.717, 1.165) is 35.7 Å². The van der Waals surface area contributed by atoms with Crippen molar-refractivity contribution in [2.45, 2.75) is 6.92 Å². The highest BCUT2D eigenvalue weighted by Crippen LogP contribution is 2.16. The molecule has 5 heteroatoms. The van der Waals surface area contributed by atoms with Gasteiger partial charge in [-0.05, 0) is 37.3 Å². The molecule has 1 aromatic carbocycles. The monoisotopic (exact) mass is 382 g/mol. The zero-order valence-electron chi connectivity index (χ0n) is 16.4. The Morgan fingerprint density at radius 3 is 2.41 bits per heavy atom. The predicted molar refractivity (Wildman–Crippen MR) is 114 cm³/mol. The van der Waals surface area contributed by atoms with Gasteiger partial charge in [0.15, 0.2) is 0 Å². The van der Waals surface area contributed by atoms with Crippen molar-refractivity contribution in [1.29, 1.82) is 0 Å². The fourth-order valence-corrected chi connectivity index (χ4v) is 3.32. The molecule has 3 heterocycles. The number of piperazine rings is 1. The molecule has 0 aliphatic carbocycles. The predicted octanol–water partition coefficient (Wildman–Crippen LogP) is 3.15. The number of aryl methyl sites for hydroxylation is 1. The van der Waals surface area contributed by atoms with E-state index in [1.807, 2.05) is 66.4 Å². The van der Waals surface area contributed by atoms with Crippen LogP contribution in [0.4, 0.5) is 5.82 Å². The first kappa shape index (κ1) is 18.7. The highest BCUT2D eigenvalue weighted by atomic mass is 16.2. The number of hydrogen-bond acceptors (Lipinski definition) is 4. The van der Waals surface area contributed by atoms with Crippen molar-refractivity contribution in [3.63, 3.8) is 0 Å². The van der Waals surface area contributed by atoms with Crippen LogP contribution in [0.2, 0.25) is 0 Å². The van der Waals surface area contributed by atoms with E-state index in [4.69, 9.17) is 0 Å². The van der Waals surface area contributed by atoms with Gasteiger partial charge in [0.05, 0.1) is 5.56 Å². The number of aromatic nitrogens is 2. The summed E-state index contributed by atoms with van der Waals surface area (Å²) in [5.74, 6) is 7.17. The summed E-state index contributed by atoms with van der Waals surface area (Å²) >= 11 is 0. The van der Waals surface area contributed by atoms with E-state index >= 15 is 0 Å². The smallest absolute Gasteiger partial charge is 0.255 e. The molecule has 29 heavy (non-hydrogen) atoms. The molecule has 4 rings (SSSR count). The maximum absolute atomic E-state index is 12.9. The van der Waals surface area contributed by atoms with Gasteiger partial charge >= 0.3 is 0 Å². The topological polar surface area (TPSA) is 49.3 Å². The molecule has 0 bridgehead atoms. The van der Waals surface area contributed by atoms with Crippen LogP contribution in [-0.4, -0.2) is 47.0 Å². The second-order valence-electron chi connectivity index (χ2n) is 6.99. The maximum atomic E-state index is 12.9. The maximum Gasteiger partial charge on any atom is 0.255 e. The van der Waals surface area contributed by atoms with Crippen LogP contribution in [0.3, 0.4) is 0 Å². The Hall–Kier alpha value is -3.65. The van der Waals surface area contributed by atoms with Crippen LogP contribution in [-0.2, 0) is 0 Å². The molecule has 1 fully saturated rings. The van der Waals surface area contributed by atoms with Crippen molar-refractivity contribution in [2.75, 3.05) is 31.1 Å². The molecule has 5 nitrogen and oxygen atoms in total. The van der Waals surface area contributed by atoms with Gasteiger partial charge in [0.2, 0.25) is 0 Å². The highest BCUT2D eigenvalue weighted by molar-refractivity contribution is 5.94. The van der Waals surface area contributed by atoms with Crippen molar-refractivity contribution in [2.24, 2.45) is 0 Å². The minimum absolute atomic E-state index is 0.00212. The summed E-state index contributed by atoms with van der Waals surface area (Å²) in [5.41, 5.74) is 3.25. The summed E-state index contributed by atoms with van der Waals surface area (Å²) in [5, 5.41) is 0. The minimum atomic E-state index is -0.00212. The summed E-state index contributed by atoms with van der Waals surface area (Å²) in [4.78, 5) is 25.8. The van der Waals surface area contributed by atoms with Crippen molar-refractivity contribution in [3.8, 4) is 11.8 Å². The van der Waals surface area contributed by atoms with Crippen LogP contribution < -0.4 is 4.90 Å². The van der Waals surface area contributed by atoms with E-state index in [9.17, 15) is 4.79 Å². The Labute approximate surface area is 171 Å². The van der Waals surface area contributed by atoms with E-state index in [1.165, 1.54) is 0 Å². The summed E-state index contributed by atoms with van der Waals surface area (Å²) in [6, 6.07) is 17.6. The third-order valence-corrected chi connectivity index (χ3v) is 4.87. The highest BCUT2D eigenvalue weighted by Gasteiger charge is 2.23. The second-order valence-corrected chi connectivity index (χ2v) is 6.99. The summed E-state index contributed by atoms with van der Waals surface area (Å²) in [6.07, 6.45) is 3.30. The van der Waals surface area contributed by atoms with Crippen molar-refractivity contribution < 1.29 is 4.79 Å². The number of benzene rings is 1. The number of carbonyl (C=O) groups excluding carboxylic acids is 1. The molecule has 0 atom stereocenters. The molecular formula is C24H22N4O. The fraction of sp³-hybridized carbons (Fsp3) is 0.208. The SMILES string of the molecule is Cc1cccc(N2CCN(C(=O)c3cncc(C#Cc4ccccc4)c3)CC2)n1. The van der Waals surface area contributed by atoms with E-state index in [1.54, 1.807) is 12.4 Å². The quantitative estimate of drug-likeness (QED) is 0.639. The normalized spacial score (nSPS) is 13.6. The van der Waals surface area contributed by atoms with E-state index < -0.39 is 0 Å². The fourth-order valence-electron chi connectivity index (χ4n) is 3.32. The third kappa shape index (κ3) is 4.61. The van der Waals surface area contributed by atoms with E-state index in [2.05, 4.69) is 26.7 Å². The number of rotatable bonds is 2. The molecule has 0 saturated carbocycles. The van der Waals surface area contributed by atoms with Gasteiger partial charge in [-0.15, -0.1) is 0 Å². The molecule has 1 aliphatic heterocycles.